The molecule has 5 heteroatoms. The van der Waals surface area contributed by atoms with Crippen molar-refractivity contribution >= 4 is 17.2 Å². The summed E-state index contributed by atoms with van der Waals surface area (Å²) in [5.74, 6) is -0.294. The number of nitrogens with zero attached hydrogens (tertiary/aromatic N) is 2. The van der Waals surface area contributed by atoms with Crippen molar-refractivity contribution in [2.75, 3.05) is 0 Å². The number of carbonyl (C=O) groups excluding carboxylic acids is 1. The predicted octanol–water partition coefficient (Wildman–Crippen LogP) is 1.57. The number of aromatic nitrogens is 1. The summed E-state index contributed by atoms with van der Waals surface area (Å²) in [5, 5.41) is 13.1. The first-order valence-electron chi connectivity index (χ1n) is 4.23. The van der Waals surface area contributed by atoms with Gasteiger partial charge in [-0.15, -0.1) is 11.3 Å². The zero-order chi connectivity index (χ0) is 10.6. The third-order valence-electron chi connectivity index (χ3n) is 2.01. The molecule has 0 aliphatic heterocycles. The number of nitrogens with one attached hydrogen (secondary N) is 1. The lowest BCUT2D eigenvalue weighted by molar-refractivity contribution is 0.0918. The summed E-state index contributed by atoms with van der Waals surface area (Å²) in [6.45, 7) is 3.54. The first kappa shape index (κ1) is 10.7. The Hall–Kier alpha value is -1.41. The van der Waals surface area contributed by atoms with Crippen LogP contribution in [0.4, 0.5) is 0 Å². The van der Waals surface area contributed by atoms with Crippen LogP contribution in [0.2, 0.25) is 0 Å². The van der Waals surface area contributed by atoms with Gasteiger partial charge in [-0.25, -0.2) is 4.98 Å². The van der Waals surface area contributed by atoms with Gasteiger partial charge in [0.1, 0.15) is 11.2 Å². The molecule has 0 saturated carbocycles. The molecule has 1 heterocycles. The largest absolute Gasteiger partial charge is 0.333 e. The Kier molecular flexibility index (Phi) is 3.20. The Morgan fingerprint density at radius 1 is 1.86 bits per heavy atom. The number of rotatable bonds is 3. The summed E-state index contributed by atoms with van der Waals surface area (Å²) in [6.07, 6.45) is 0.569. The molecular weight excluding hydrogens is 198 g/mol. The van der Waals surface area contributed by atoms with E-state index in [0.29, 0.717) is 12.1 Å². The first-order chi connectivity index (χ1) is 6.61. The van der Waals surface area contributed by atoms with Crippen LogP contribution in [0.1, 0.15) is 30.8 Å². The van der Waals surface area contributed by atoms with E-state index in [-0.39, 0.29) is 5.91 Å². The fourth-order valence-electron chi connectivity index (χ4n) is 0.835. The minimum Gasteiger partial charge on any atom is -0.333 e. The number of nitriles is 1. The first-order valence-corrected chi connectivity index (χ1v) is 5.17. The molecule has 4 nitrogen and oxygen atoms in total. The number of carbonyl (C=O) groups is 1. The highest BCUT2D eigenvalue weighted by Crippen LogP contribution is 2.09. The van der Waals surface area contributed by atoms with E-state index in [2.05, 4.69) is 16.4 Å². The summed E-state index contributed by atoms with van der Waals surface area (Å²) in [6, 6.07) is 2.06. The van der Waals surface area contributed by atoms with E-state index in [0.717, 1.165) is 0 Å². The van der Waals surface area contributed by atoms with Gasteiger partial charge in [-0.3, -0.25) is 4.79 Å². The average Bonchev–Trinajstić information content (AvgIpc) is 2.70. The zero-order valence-electron chi connectivity index (χ0n) is 8.07. The van der Waals surface area contributed by atoms with Gasteiger partial charge in [0, 0.05) is 5.38 Å². The van der Waals surface area contributed by atoms with Crippen molar-refractivity contribution in [2.24, 2.45) is 0 Å². The highest BCUT2D eigenvalue weighted by molar-refractivity contribution is 7.07. The molecule has 0 radical (unpaired) electrons. The third kappa shape index (κ3) is 2.30. The lowest BCUT2D eigenvalue weighted by atomic mass is 10.0. The molecule has 0 aliphatic carbocycles. The van der Waals surface area contributed by atoms with Gasteiger partial charge >= 0.3 is 0 Å². The minimum absolute atomic E-state index is 0.294. The topological polar surface area (TPSA) is 65.8 Å². The number of thiazole rings is 1. The van der Waals surface area contributed by atoms with Crippen molar-refractivity contribution in [1.82, 2.24) is 10.3 Å². The van der Waals surface area contributed by atoms with E-state index in [1.165, 1.54) is 11.3 Å². The molecule has 14 heavy (non-hydrogen) atoms. The van der Waals surface area contributed by atoms with Crippen LogP contribution in [0, 0.1) is 11.3 Å². The van der Waals surface area contributed by atoms with E-state index >= 15 is 0 Å². The molecule has 0 aromatic carbocycles. The highest BCUT2D eigenvalue weighted by atomic mass is 32.1. The highest BCUT2D eigenvalue weighted by Gasteiger charge is 2.24. The van der Waals surface area contributed by atoms with Gasteiger partial charge in [-0.2, -0.15) is 5.26 Å². The second-order valence-corrected chi connectivity index (χ2v) is 3.84. The Morgan fingerprint density at radius 2 is 2.57 bits per heavy atom. The van der Waals surface area contributed by atoms with Crippen molar-refractivity contribution in [3.63, 3.8) is 0 Å². The SMILES string of the molecule is CCC(C)(C#N)NC(=O)c1cscn1. The van der Waals surface area contributed by atoms with Crippen LogP contribution in [0.15, 0.2) is 10.9 Å². The van der Waals surface area contributed by atoms with Gasteiger partial charge in [-0.1, -0.05) is 6.92 Å². The maximum atomic E-state index is 11.5. The molecule has 0 aliphatic rings. The van der Waals surface area contributed by atoms with Crippen LogP contribution in [-0.4, -0.2) is 16.4 Å². The lowest BCUT2D eigenvalue weighted by Gasteiger charge is -2.20. The van der Waals surface area contributed by atoms with Crippen molar-refractivity contribution in [3.8, 4) is 6.07 Å². The van der Waals surface area contributed by atoms with E-state index in [1.807, 2.05) is 6.92 Å². The molecule has 1 unspecified atom stereocenters. The van der Waals surface area contributed by atoms with Crippen LogP contribution in [-0.2, 0) is 0 Å². The summed E-state index contributed by atoms with van der Waals surface area (Å²) < 4.78 is 0. The average molecular weight is 209 g/mol. The second-order valence-electron chi connectivity index (χ2n) is 3.13. The predicted molar refractivity (Wildman–Crippen MR) is 53.9 cm³/mol. The number of amides is 1. The molecule has 1 N–H and O–H groups in total. The standard InChI is InChI=1S/C9H11N3OS/c1-3-9(2,5-10)12-8(13)7-4-14-6-11-7/h4,6H,3H2,1-2H3,(H,12,13). The lowest BCUT2D eigenvalue weighted by Crippen LogP contribution is -2.44. The van der Waals surface area contributed by atoms with Crippen LogP contribution >= 0.6 is 11.3 Å². The normalized spacial score (nSPS) is 14.1. The summed E-state index contributed by atoms with van der Waals surface area (Å²) >= 11 is 1.35. The van der Waals surface area contributed by atoms with Gasteiger partial charge in [-0.05, 0) is 13.3 Å². The van der Waals surface area contributed by atoms with Crippen LogP contribution in [0.3, 0.4) is 0 Å². The summed E-state index contributed by atoms with van der Waals surface area (Å²) in [4.78, 5) is 15.4. The molecule has 1 aromatic heterocycles. The van der Waals surface area contributed by atoms with Crippen molar-refractivity contribution in [2.45, 2.75) is 25.8 Å². The van der Waals surface area contributed by atoms with Gasteiger partial charge in [0.15, 0.2) is 0 Å². The second kappa shape index (κ2) is 4.20. The number of hydrogen-bond acceptors (Lipinski definition) is 4. The molecule has 1 atom stereocenters. The third-order valence-corrected chi connectivity index (χ3v) is 2.59. The Morgan fingerprint density at radius 3 is 3.00 bits per heavy atom. The molecule has 74 valence electrons. The van der Waals surface area contributed by atoms with Crippen molar-refractivity contribution in [3.05, 3.63) is 16.6 Å². The molecule has 0 bridgehead atoms. The summed E-state index contributed by atoms with van der Waals surface area (Å²) in [5.41, 5.74) is 1.15. The maximum Gasteiger partial charge on any atom is 0.271 e. The van der Waals surface area contributed by atoms with Gasteiger partial charge in [0.05, 0.1) is 11.6 Å². The van der Waals surface area contributed by atoms with Crippen LogP contribution in [0.25, 0.3) is 0 Å². The fourth-order valence-corrected chi connectivity index (χ4v) is 1.37. The van der Waals surface area contributed by atoms with Gasteiger partial charge in [0.25, 0.3) is 5.91 Å². The number of hydrogen-bond donors (Lipinski definition) is 1. The van der Waals surface area contributed by atoms with Crippen molar-refractivity contribution in [1.29, 1.82) is 5.26 Å². The van der Waals surface area contributed by atoms with E-state index in [1.54, 1.807) is 17.8 Å². The monoisotopic (exact) mass is 209 g/mol. The Balaban J connectivity index is 2.71. The van der Waals surface area contributed by atoms with E-state index in [4.69, 9.17) is 5.26 Å². The van der Waals surface area contributed by atoms with Crippen LogP contribution in [0.5, 0.6) is 0 Å². The van der Waals surface area contributed by atoms with Crippen LogP contribution < -0.4 is 5.32 Å². The Labute approximate surface area is 86.6 Å². The molecule has 0 saturated heterocycles. The van der Waals surface area contributed by atoms with E-state index < -0.39 is 5.54 Å². The van der Waals surface area contributed by atoms with E-state index in [9.17, 15) is 4.79 Å². The van der Waals surface area contributed by atoms with Gasteiger partial charge in [0.2, 0.25) is 0 Å². The molecule has 1 aromatic rings. The maximum absolute atomic E-state index is 11.5. The molecular formula is C9H11N3OS. The molecule has 0 fully saturated rings. The molecule has 1 amide bonds. The summed E-state index contributed by atoms with van der Waals surface area (Å²) in [7, 11) is 0. The molecule has 0 spiro atoms. The molecule has 1 rings (SSSR count). The van der Waals surface area contributed by atoms with Gasteiger partial charge < -0.3 is 5.32 Å². The minimum atomic E-state index is -0.805. The smallest absolute Gasteiger partial charge is 0.271 e. The Bertz CT molecular complexity index is 355. The quantitative estimate of drug-likeness (QED) is 0.821. The van der Waals surface area contributed by atoms with Crippen molar-refractivity contribution < 1.29 is 4.79 Å². The fraction of sp³-hybridized carbons (Fsp3) is 0.444. The zero-order valence-corrected chi connectivity index (χ0v) is 8.89.